The number of carbonyl (C=O) groups excluding carboxylic acids is 2. The first-order chi connectivity index (χ1) is 14.6. The van der Waals surface area contributed by atoms with Gasteiger partial charge in [0.2, 0.25) is 11.8 Å². The number of piperidine rings is 1. The van der Waals surface area contributed by atoms with Crippen LogP contribution in [0.25, 0.3) is 0 Å². The Morgan fingerprint density at radius 2 is 1.97 bits per heavy atom. The lowest BCUT2D eigenvalue weighted by Gasteiger charge is -2.33. The van der Waals surface area contributed by atoms with Crippen LogP contribution in [-0.4, -0.2) is 52.8 Å². The van der Waals surface area contributed by atoms with Crippen molar-refractivity contribution in [1.82, 2.24) is 14.8 Å². The number of halogens is 1. The predicted molar refractivity (Wildman–Crippen MR) is 109 cm³/mol. The highest BCUT2D eigenvalue weighted by molar-refractivity contribution is 5.85. The first-order valence-electron chi connectivity index (χ1n) is 10.8. The summed E-state index contributed by atoms with van der Waals surface area (Å²) >= 11 is 0. The molecule has 1 atom stereocenters. The zero-order chi connectivity index (χ0) is 20.9. The molecule has 1 aromatic carbocycles. The first-order valence-corrected chi connectivity index (χ1v) is 10.8. The number of carbonyl (C=O) groups is 2. The number of nitrogens with zero attached hydrogens (tertiary/aromatic N) is 3. The van der Waals surface area contributed by atoms with Crippen LogP contribution in [0.1, 0.15) is 61.7 Å². The zero-order valence-corrected chi connectivity index (χ0v) is 17.2. The molecule has 0 aliphatic carbocycles. The quantitative estimate of drug-likeness (QED) is 0.752. The van der Waals surface area contributed by atoms with Crippen LogP contribution in [0.2, 0.25) is 0 Å². The van der Waals surface area contributed by atoms with Crippen molar-refractivity contribution in [3.8, 4) is 0 Å². The molecule has 4 rings (SSSR count). The van der Waals surface area contributed by atoms with Gasteiger partial charge in [0.05, 0.1) is 18.7 Å². The first kappa shape index (κ1) is 20.6. The molecule has 0 unspecified atom stereocenters. The Labute approximate surface area is 176 Å². The fourth-order valence-corrected chi connectivity index (χ4v) is 4.27. The van der Waals surface area contributed by atoms with Crippen molar-refractivity contribution in [3.63, 3.8) is 0 Å². The summed E-state index contributed by atoms with van der Waals surface area (Å²) in [7, 11) is 0. The maximum absolute atomic E-state index is 13.1. The molecule has 2 saturated heterocycles. The highest BCUT2D eigenvalue weighted by Crippen LogP contribution is 2.27. The van der Waals surface area contributed by atoms with Gasteiger partial charge in [-0.05, 0) is 43.4 Å². The lowest BCUT2D eigenvalue weighted by atomic mass is 9.98. The van der Waals surface area contributed by atoms with Crippen LogP contribution in [0.5, 0.6) is 0 Å². The van der Waals surface area contributed by atoms with Crippen LogP contribution in [0.15, 0.2) is 34.9 Å². The molecule has 0 saturated carbocycles. The second-order valence-electron chi connectivity index (χ2n) is 8.27. The molecule has 1 aromatic heterocycles. The fourth-order valence-electron chi connectivity index (χ4n) is 4.27. The van der Waals surface area contributed by atoms with Gasteiger partial charge in [-0.1, -0.05) is 18.6 Å². The van der Waals surface area contributed by atoms with E-state index in [4.69, 9.17) is 4.42 Å². The van der Waals surface area contributed by atoms with Gasteiger partial charge in [0.15, 0.2) is 5.89 Å². The van der Waals surface area contributed by atoms with Crippen molar-refractivity contribution in [3.05, 3.63) is 53.5 Å². The molecule has 0 bridgehead atoms. The molecule has 6 nitrogen and oxygen atoms in total. The monoisotopic (exact) mass is 413 g/mol. The minimum atomic E-state index is -0.258. The average molecular weight is 413 g/mol. The number of oxazole rings is 1. The zero-order valence-electron chi connectivity index (χ0n) is 17.2. The van der Waals surface area contributed by atoms with Gasteiger partial charge in [0.1, 0.15) is 11.6 Å². The largest absolute Gasteiger partial charge is 0.445 e. The molecule has 160 valence electrons. The SMILES string of the molecule is O=C1CCCCCN1CC(=O)N1CCC[C@@H](c2ncc(Cc3ccc(F)cc3)o2)C1. The number of likely N-dealkylation sites (tertiary alicyclic amines) is 2. The van der Waals surface area contributed by atoms with Crippen molar-refractivity contribution >= 4 is 11.8 Å². The van der Waals surface area contributed by atoms with Crippen molar-refractivity contribution in [2.45, 2.75) is 50.9 Å². The summed E-state index contributed by atoms with van der Waals surface area (Å²) in [5.41, 5.74) is 0.960. The molecular weight excluding hydrogens is 385 g/mol. The molecule has 30 heavy (non-hydrogen) atoms. The van der Waals surface area contributed by atoms with E-state index >= 15 is 0 Å². The van der Waals surface area contributed by atoms with Gasteiger partial charge >= 0.3 is 0 Å². The Hall–Kier alpha value is -2.70. The van der Waals surface area contributed by atoms with Crippen molar-refractivity contribution in [2.75, 3.05) is 26.2 Å². The van der Waals surface area contributed by atoms with E-state index in [1.165, 1.54) is 12.1 Å². The van der Waals surface area contributed by atoms with Gasteiger partial charge in [-0.3, -0.25) is 9.59 Å². The van der Waals surface area contributed by atoms with E-state index in [-0.39, 0.29) is 30.1 Å². The van der Waals surface area contributed by atoms with Crippen LogP contribution in [0.3, 0.4) is 0 Å². The Morgan fingerprint density at radius 3 is 2.80 bits per heavy atom. The van der Waals surface area contributed by atoms with Crippen molar-refractivity contribution in [1.29, 1.82) is 0 Å². The van der Waals surface area contributed by atoms with E-state index < -0.39 is 0 Å². The molecule has 0 N–H and O–H groups in total. The Balaban J connectivity index is 1.35. The van der Waals surface area contributed by atoms with Gasteiger partial charge in [-0.2, -0.15) is 0 Å². The van der Waals surface area contributed by atoms with E-state index in [0.29, 0.717) is 38.4 Å². The second kappa shape index (κ2) is 9.41. The smallest absolute Gasteiger partial charge is 0.242 e. The lowest BCUT2D eigenvalue weighted by molar-refractivity contribution is -0.141. The third-order valence-corrected chi connectivity index (χ3v) is 5.98. The molecule has 0 radical (unpaired) electrons. The summed E-state index contributed by atoms with van der Waals surface area (Å²) < 4.78 is 19.0. The standard InChI is InChI=1S/C23H28FN3O3/c24-19-9-7-17(8-10-19)13-20-14-25-23(30-20)18-5-4-12-26(15-18)22(29)16-27-11-3-1-2-6-21(27)28/h7-10,14,18H,1-6,11-13,15-16H2/t18-/m1/s1. The van der Waals surface area contributed by atoms with Crippen LogP contribution in [0.4, 0.5) is 4.39 Å². The normalized spacial score (nSPS) is 20.3. The van der Waals surface area contributed by atoms with Gasteiger partial charge in [0, 0.05) is 32.5 Å². The fraction of sp³-hybridized carbons (Fsp3) is 0.522. The summed E-state index contributed by atoms with van der Waals surface area (Å²) in [4.78, 5) is 33.0. The van der Waals surface area contributed by atoms with Crippen LogP contribution in [0, 0.1) is 5.82 Å². The predicted octanol–water partition coefficient (Wildman–Crippen LogP) is 3.51. The summed E-state index contributed by atoms with van der Waals surface area (Å²) in [5.74, 6) is 1.28. The van der Waals surface area contributed by atoms with Gasteiger partial charge < -0.3 is 14.2 Å². The number of aromatic nitrogens is 1. The van der Waals surface area contributed by atoms with E-state index in [9.17, 15) is 14.0 Å². The van der Waals surface area contributed by atoms with Gasteiger partial charge in [-0.25, -0.2) is 9.37 Å². The Kier molecular flexibility index (Phi) is 6.45. The van der Waals surface area contributed by atoms with E-state index in [1.54, 1.807) is 23.2 Å². The molecule has 2 fully saturated rings. The Morgan fingerprint density at radius 1 is 1.13 bits per heavy atom. The van der Waals surface area contributed by atoms with E-state index in [2.05, 4.69) is 4.98 Å². The molecular formula is C23H28FN3O3. The van der Waals surface area contributed by atoms with Crippen LogP contribution >= 0.6 is 0 Å². The molecule has 7 heteroatoms. The molecule has 2 amide bonds. The van der Waals surface area contributed by atoms with E-state index in [0.717, 1.165) is 43.4 Å². The van der Waals surface area contributed by atoms with E-state index in [1.807, 2.05) is 4.90 Å². The number of rotatable bonds is 5. The molecule has 0 spiro atoms. The highest BCUT2D eigenvalue weighted by atomic mass is 19.1. The third kappa shape index (κ3) is 5.07. The lowest BCUT2D eigenvalue weighted by Crippen LogP contribution is -2.46. The minimum absolute atomic E-state index is 0.00745. The van der Waals surface area contributed by atoms with Crippen LogP contribution in [-0.2, 0) is 16.0 Å². The van der Waals surface area contributed by atoms with Crippen molar-refractivity contribution in [2.24, 2.45) is 0 Å². The van der Waals surface area contributed by atoms with Gasteiger partial charge in [0.25, 0.3) is 0 Å². The maximum atomic E-state index is 13.1. The summed E-state index contributed by atoms with van der Waals surface area (Å²) in [6.07, 6.45) is 7.56. The highest BCUT2D eigenvalue weighted by Gasteiger charge is 2.29. The molecule has 3 heterocycles. The Bertz CT molecular complexity index is 880. The van der Waals surface area contributed by atoms with Crippen molar-refractivity contribution < 1.29 is 18.4 Å². The third-order valence-electron chi connectivity index (χ3n) is 5.98. The number of hydrogen-bond acceptors (Lipinski definition) is 4. The summed E-state index contributed by atoms with van der Waals surface area (Å²) in [5, 5.41) is 0. The molecule has 2 aliphatic rings. The summed E-state index contributed by atoms with van der Waals surface area (Å²) in [6, 6.07) is 6.35. The molecule has 2 aliphatic heterocycles. The average Bonchev–Trinajstić information content (AvgIpc) is 3.13. The van der Waals surface area contributed by atoms with Gasteiger partial charge in [-0.15, -0.1) is 0 Å². The molecule has 2 aromatic rings. The van der Waals surface area contributed by atoms with Crippen LogP contribution < -0.4 is 0 Å². The number of amides is 2. The summed E-state index contributed by atoms with van der Waals surface area (Å²) in [6.45, 7) is 2.12. The topological polar surface area (TPSA) is 66.7 Å². The second-order valence-corrected chi connectivity index (χ2v) is 8.27. The number of hydrogen-bond donors (Lipinski definition) is 0. The minimum Gasteiger partial charge on any atom is -0.445 e. The maximum Gasteiger partial charge on any atom is 0.242 e. The number of benzene rings is 1.